The van der Waals surface area contributed by atoms with Gasteiger partial charge in [0.05, 0.1) is 0 Å². The molecule has 1 radical (unpaired) electrons. The molecule has 0 unspecified atom stereocenters. The normalized spacial score (nSPS) is 10.0. The third-order valence-electron chi connectivity index (χ3n) is 1.69. The molecule has 0 aromatic heterocycles. The van der Waals surface area contributed by atoms with Crippen LogP contribution in [-0.4, -0.2) is 0 Å². The molecule has 1 aromatic carbocycles. The topological polar surface area (TPSA) is 0 Å². The molecule has 1 aromatic rings. The molecule has 0 aliphatic carbocycles. The maximum atomic E-state index is 12.9. The van der Waals surface area contributed by atoms with Crippen LogP contribution in [0.3, 0.4) is 0 Å². The van der Waals surface area contributed by atoms with Gasteiger partial charge in [-0.1, -0.05) is 31.5 Å². The molecule has 1 rings (SSSR count). The number of rotatable bonds is 3. The van der Waals surface area contributed by atoms with Crippen molar-refractivity contribution in [1.82, 2.24) is 0 Å². The maximum absolute atomic E-state index is 12.9. The number of aryl methyl sites for hydroxylation is 1. The summed E-state index contributed by atoms with van der Waals surface area (Å²) in [5.41, 5.74) is 0.786. The second kappa shape index (κ2) is 4.12. The summed E-state index contributed by atoms with van der Waals surface area (Å²) in [6.45, 7) is 2.10. The third kappa shape index (κ3) is 2.34. The second-order valence-electron chi connectivity index (χ2n) is 2.61. The summed E-state index contributed by atoms with van der Waals surface area (Å²) >= 11 is 0. The summed E-state index contributed by atoms with van der Waals surface area (Å²) in [6.07, 6.45) is 2.99. The van der Waals surface area contributed by atoms with Crippen molar-refractivity contribution in [3.63, 3.8) is 0 Å². The molecular weight excluding hydrogens is 139 g/mol. The summed E-state index contributed by atoms with van der Waals surface area (Å²) < 4.78 is 12.9. The second-order valence-corrected chi connectivity index (χ2v) is 2.61. The molecule has 11 heavy (non-hydrogen) atoms. The SMILES string of the molecule is CCCCc1ccc[c]c1F. The quantitative estimate of drug-likeness (QED) is 0.623. The van der Waals surface area contributed by atoms with Crippen LogP contribution in [0.2, 0.25) is 0 Å². The van der Waals surface area contributed by atoms with Crippen molar-refractivity contribution in [3.8, 4) is 0 Å². The summed E-state index contributed by atoms with van der Waals surface area (Å²) in [4.78, 5) is 0. The van der Waals surface area contributed by atoms with Gasteiger partial charge in [0.1, 0.15) is 5.82 Å². The fourth-order valence-corrected chi connectivity index (χ4v) is 1.01. The van der Waals surface area contributed by atoms with Gasteiger partial charge in [-0.25, -0.2) is 4.39 Å². The smallest absolute Gasteiger partial charge is 0.134 e. The van der Waals surface area contributed by atoms with Crippen LogP contribution < -0.4 is 0 Å². The lowest BCUT2D eigenvalue weighted by Gasteiger charge is -1.99. The molecular formula is C10H12F. The van der Waals surface area contributed by atoms with Gasteiger partial charge in [0, 0.05) is 6.07 Å². The monoisotopic (exact) mass is 151 g/mol. The van der Waals surface area contributed by atoms with E-state index < -0.39 is 0 Å². The molecule has 0 aliphatic heterocycles. The first kappa shape index (κ1) is 8.25. The number of halogens is 1. The maximum Gasteiger partial charge on any atom is 0.134 e. The van der Waals surface area contributed by atoms with Gasteiger partial charge in [-0.05, 0) is 18.4 Å². The molecule has 0 atom stereocenters. The molecule has 0 bridgehead atoms. The largest absolute Gasteiger partial charge is 0.206 e. The Hall–Kier alpha value is -0.850. The van der Waals surface area contributed by atoms with Crippen molar-refractivity contribution in [2.75, 3.05) is 0 Å². The minimum Gasteiger partial charge on any atom is -0.206 e. The zero-order valence-electron chi connectivity index (χ0n) is 6.73. The van der Waals surface area contributed by atoms with Gasteiger partial charge in [-0.2, -0.15) is 0 Å². The zero-order chi connectivity index (χ0) is 8.10. The first-order valence-electron chi connectivity index (χ1n) is 3.99. The van der Waals surface area contributed by atoms with Crippen molar-refractivity contribution in [1.29, 1.82) is 0 Å². The number of unbranched alkanes of at least 4 members (excludes halogenated alkanes) is 1. The molecule has 0 fully saturated rings. The molecule has 1 heteroatoms. The van der Waals surface area contributed by atoms with Crippen LogP contribution in [0.4, 0.5) is 4.39 Å². The predicted octanol–water partition coefficient (Wildman–Crippen LogP) is 2.97. The van der Waals surface area contributed by atoms with Crippen LogP contribution in [0.15, 0.2) is 18.2 Å². The highest BCUT2D eigenvalue weighted by atomic mass is 19.1. The van der Waals surface area contributed by atoms with Gasteiger partial charge in [-0.3, -0.25) is 0 Å². The van der Waals surface area contributed by atoms with E-state index >= 15 is 0 Å². The molecule has 0 N–H and O–H groups in total. The van der Waals surface area contributed by atoms with Crippen LogP contribution in [0.25, 0.3) is 0 Å². The fourth-order valence-electron chi connectivity index (χ4n) is 1.01. The van der Waals surface area contributed by atoms with Crippen LogP contribution in [0.5, 0.6) is 0 Å². The van der Waals surface area contributed by atoms with E-state index in [1.165, 1.54) is 0 Å². The van der Waals surface area contributed by atoms with Crippen molar-refractivity contribution in [2.45, 2.75) is 26.2 Å². The molecule has 0 saturated carbocycles. The van der Waals surface area contributed by atoms with Gasteiger partial charge in [0.15, 0.2) is 0 Å². The minimum absolute atomic E-state index is 0.194. The number of hydrogen-bond acceptors (Lipinski definition) is 0. The van der Waals surface area contributed by atoms with E-state index in [0.717, 1.165) is 24.8 Å². The Morgan fingerprint density at radius 1 is 1.55 bits per heavy atom. The number of hydrogen-bond donors (Lipinski definition) is 0. The first-order valence-corrected chi connectivity index (χ1v) is 3.99. The van der Waals surface area contributed by atoms with Gasteiger partial charge in [0.2, 0.25) is 0 Å². The number of benzene rings is 1. The highest BCUT2D eigenvalue weighted by Crippen LogP contribution is 2.08. The van der Waals surface area contributed by atoms with Crippen LogP contribution in [0.1, 0.15) is 25.3 Å². The fraction of sp³-hybridized carbons (Fsp3) is 0.400. The van der Waals surface area contributed by atoms with E-state index in [4.69, 9.17) is 0 Å². The minimum atomic E-state index is -0.194. The Morgan fingerprint density at radius 2 is 2.36 bits per heavy atom. The van der Waals surface area contributed by atoms with E-state index in [1.54, 1.807) is 6.07 Å². The molecule has 0 amide bonds. The van der Waals surface area contributed by atoms with Crippen LogP contribution in [0, 0.1) is 11.9 Å². The van der Waals surface area contributed by atoms with Crippen LogP contribution in [-0.2, 0) is 6.42 Å². The van der Waals surface area contributed by atoms with E-state index in [-0.39, 0.29) is 5.82 Å². The van der Waals surface area contributed by atoms with Crippen molar-refractivity contribution in [3.05, 3.63) is 35.6 Å². The van der Waals surface area contributed by atoms with E-state index in [2.05, 4.69) is 13.0 Å². The average molecular weight is 151 g/mol. The Balaban J connectivity index is 2.62. The van der Waals surface area contributed by atoms with E-state index in [1.807, 2.05) is 12.1 Å². The lowest BCUT2D eigenvalue weighted by atomic mass is 10.1. The standard InChI is InChI=1S/C10H12F/c1-2-3-6-9-7-4-5-8-10(9)11/h4-5,7H,2-3,6H2,1H3. The average Bonchev–Trinajstić information content (AvgIpc) is 2.03. The lowest BCUT2D eigenvalue weighted by molar-refractivity contribution is 0.601. The molecule has 0 heterocycles. The molecule has 0 nitrogen and oxygen atoms in total. The molecule has 0 aliphatic rings. The van der Waals surface area contributed by atoms with E-state index in [0.29, 0.717) is 0 Å². The Labute approximate surface area is 67.1 Å². The van der Waals surface area contributed by atoms with Gasteiger partial charge >= 0.3 is 0 Å². The third-order valence-corrected chi connectivity index (χ3v) is 1.69. The highest BCUT2D eigenvalue weighted by Gasteiger charge is 1.98. The van der Waals surface area contributed by atoms with E-state index in [9.17, 15) is 4.39 Å². The first-order chi connectivity index (χ1) is 5.34. The Morgan fingerprint density at radius 3 is 3.00 bits per heavy atom. The molecule has 0 spiro atoms. The van der Waals surface area contributed by atoms with Crippen LogP contribution >= 0.6 is 0 Å². The van der Waals surface area contributed by atoms with Gasteiger partial charge in [-0.15, -0.1) is 0 Å². The van der Waals surface area contributed by atoms with Crippen molar-refractivity contribution >= 4 is 0 Å². The van der Waals surface area contributed by atoms with Crippen molar-refractivity contribution < 1.29 is 4.39 Å². The van der Waals surface area contributed by atoms with Gasteiger partial charge in [0.25, 0.3) is 0 Å². The Bertz CT molecular complexity index is 218. The summed E-state index contributed by atoms with van der Waals surface area (Å²) in [5, 5.41) is 0. The molecule has 0 saturated heterocycles. The van der Waals surface area contributed by atoms with Crippen molar-refractivity contribution in [2.24, 2.45) is 0 Å². The van der Waals surface area contributed by atoms with Gasteiger partial charge < -0.3 is 0 Å². The summed E-state index contributed by atoms with van der Waals surface area (Å²) in [6, 6.07) is 7.79. The predicted molar refractivity (Wildman–Crippen MR) is 43.8 cm³/mol. The lowest BCUT2D eigenvalue weighted by Crippen LogP contribution is -1.88. The summed E-state index contributed by atoms with van der Waals surface area (Å²) in [7, 11) is 0. The zero-order valence-corrected chi connectivity index (χ0v) is 6.73. The highest BCUT2D eigenvalue weighted by molar-refractivity contribution is 5.16. The molecule has 59 valence electrons. The Kier molecular flexibility index (Phi) is 3.09. The summed E-state index contributed by atoms with van der Waals surface area (Å²) in [5.74, 6) is -0.194.